The molecule has 0 radical (unpaired) electrons. The van der Waals surface area contributed by atoms with Crippen LogP contribution in [0, 0.1) is 11.7 Å². The van der Waals surface area contributed by atoms with Gasteiger partial charge in [0.1, 0.15) is 11.6 Å². The number of carbonyl (C=O) groups is 1. The fourth-order valence-corrected chi connectivity index (χ4v) is 2.91. The number of rotatable bonds is 8. The second kappa shape index (κ2) is 9.88. The van der Waals surface area contributed by atoms with Crippen molar-refractivity contribution in [1.29, 1.82) is 0 Å². The molecule has 0 spiro atoms. The highest BCUT2D eigenvalue weighted by Crippen LogP contribution is 2.25. The third kappa shape index (κ3) is 6.08. The standard InChI is InChI=1S/C22H28FN3O2/c1-5-17(10-22(27)28-4)20-11-19(24)12-21(25-20)26(13-15(2)3)14-16-6-8-18(23)9-7-16/h6-12,15H,5,13-14H2,1-4H3,(H2,24,25)/b17-10+. The topological polar surface area (TPSA) is 68.5 Å². The molecular weight excluding hydrogens is 357 g/mol. The number of esters is 1. The summed E-state index contributed by atoms with van der Waals surface area (Å²) >= 11 is 0. The van der Waals surface area contributed by atoms with Crippen molar-refractivity contribution in [3.63, 3.8) is 0 Å². The van der Waals surface area contributed by atoms with Crippen molar-refractivity contribution in [3.05, 3.63) is 59.5 Å². The van der Waals surface area contributed by atoms with Crippen molar-refractivity contribution in [1.82, 2.24) is 4.98 Å². The van der Waals surface area contributed by atoms with Gasteiger partial charge in [-0.2, -0.15) is 0 Å². The number of methoxy groups -OCH3 is 1. The molecule has 1 aromatic carbocycles. The Morgan fingerprint density at radius 1 is 1.29 bits per heavy atom. The van der Waals surface area contributed by atoms with Crippen molar-refractivity contribution >= 4 is 23.0 Å². The molecule has 0 saturated carbocycles. The number of hydrogen-bond acceptors (Lipinski definition) is 5. The first-order valence-corrected chi connectivity index (χ1v) is 9.38. The molecule has 28 heavy (non-hydrogen) atoms. The number of nitrogen functional groups attached to an aromatic ring is 1. The average Bonchev–Trinajstić information content (AvgIpc) is 2.66. The summed E-state index contributed by atoms with van der Waals surface area (Å²) in [6.07, 6.45) is 2.06. The van der Waals surface area contributed by atoms with Crippen LogP contribution >= 0.6 is 0 Å². The number of pyridine rings is 1. The van der Waals surface area contributed by atoms with Gasteiger partial charge in [0.25, 0.3) is 0 Å². The Morgan fingerprint density at radius 3 is 2.54 bits per heavy atom. The summed E-state index contributed by atoms with van der Waals surface area (Å²) in [5.41, 5.74) is 9.09. The molecule has 6 heteroatoms. The lowest BCUT2D eigenvalue weighted by Crippen LogP contribution is -2.28. The average molecular weight is 385 g/mol. The number of nitrogens with two attached hydrogens (primary N) is 1. The Morgan fingerprint density at radius 2 is 1.96 bits per heavy atom. The normalized spacial score (nSPS) is 11.6. The molecule has 0 aliphatic rings. The van der Waals surface area contributed by atoms with Crippen LogP contribution in [0.15, 0.2) is 42.5 Å². The molecule has 0 fully saturated rings. The first kappa shape index (κ1) is 21.4. The van der Waals surface area contributed by atoms with Crippen LogP contribution in [0.2, 0.25) is 0 Å². The van der Waals surface area contributed by atoms with Gasteiger partial charge in [-0.15, -0.1) is 0 Å². The van der Waals surface area contributed by atoms with E-state index in [0.29, 0.717) is 30.3 Å². The van der Waals surface area contributed by atoms with Gasteiger partial charge < -0.3 is 15.4 Å². The van der Waals surface area contributed by atoms with Gasteiger partial charge >= 0.3 is 5.97 Å². The van der Waals surface area contributed by atoms with Crippen LogP contribution in [0.25, 0.3) is 5.57 Å². The molecule has 5 nitrogen and oxygen atoms in total. The van der Waals surface area contributed by atoms with Gasteiger partial charge in [-0.05, 0) is 41.7 Å². The van der Waals surface area contributed by atoms with Crippen molar-refractivity contribution in [2.75, 3.05) is 24.3 Å². The minimum absolute atomic E-state index is 0.260. The van der Waals surface area contributed by atoms with E-state index in [-0.39, 0.29) is 5.82 Å². The smallest absolute Gasteiger partial charge is 0.330 e. The van der Waals surface area contributed by atoms with Crippen LogP contribution in [-0.4, -0.2) is 24.6 Å². The Labute approximate surface area is 166 Å². The molecule has 150 valence electrons. The molecule has 0 bridgehead atoms. The summed E-state index contributed by atoms with van der Waals surface area (Å²) in [6.45, 7) is 7.54. The minimum Gasteiger partial charge on any atom is -0.466 e. The van der Waals surface area contributed by atoms with Crippen molar-refractivity contribution in [2.45, 2.75) is 33.7 Å². The van der Waals surface area contributed by atoms with Crippen LogP contribution in [0.3, 0.4) is 0 Å². The Bertz CT molecular complexity index is 832. The fraction of sp³-hybridized carbons (Fsp3) is 0.364. The maximum Gasteiger partial charge on any atom is 0.330 e. The molecule has 0 unspecified atom stereocenters. The number of halogens is 1. The van der Waals surface area contributed by atoms with Gasteiger partial charge in [-0.25, -0.2) is 14.2 Å². The molecule has 2 N–H and O–H groups in total. The number of hydrogen-bond donors (Lipinski definition) is 1. The summed E-state index contributed by atoms with van der Waals surface area (Å²) < 4.78 is 18.0. The number of allylic oxidation sites excluding steroid dienone is 1. The SMILES string of the molecule is CC/C(=C\C(=O)OC)c1cc(N)cc(N(Cc2ccc(F)cc2)CC(C)C)n1. The lowest BCUT2D eigenvalue weighted by Gasteiger charge is -2.27. The number of ether oxygens (including phenoxy) is 1. The lowest BCUT2D eigenvalue weighted by molar-refractivity contribution is -0.134. The van der Waals surface area contributed by atoms with Crippen molar-refractivity contribution in [2.24, 2.45) is 5.92 Å². The van der Waals surface area contributed by atoms with Crippen molar-refractivity contribution < 1.29 is 13.9 Å². The number of carbonyl (C=O) groups excluding carboxylic acids is 1. The lowest BCUT2D eigenvalue weighted by atomic mass is 10.1. The highest BCUT2D eigenvalue weighted by Gasteiger charge is 2.15. The first-order valence-electron chi connectivity index (χ1n) is 9.38. The zero-order chi connectivity index (χ0) is 20.7. The summed E-state index contributed by atoms with van der Waals surface area (Å²) in [7, 11) is 1.34. The fourth-order valence-electron chi connectivity index (χ4n) is 2.91. The zero-order valence-corrected chi connectivity index (χ0v) is 16.9. The maximum atomic E-state index is 13.2. The van der Waals surface area contributed by atoms with Gasteiger partial charge in [-0.3, -0.25) is 0 Å². The van der Waals surface area contributed by atoms with Gasteiger partial charge in [0, 0.05) is 30.9 Å². The molecule has 1 aromatic heterocycles. The third-order valence-corrected chi connectivity index (χ3v) is 4.23. The Hall–Kier alpha value is -2.89. The van der Waals surface area contributed by atoms with Crippen LogP contribution in [0.1, 0.15) is 38.4 Å². The monoisotopic (exact) mass is 385 g/mol. The zero-order valence-electron chi connectivity index (χ0n) is 16.9. The molecule has 2 aromatic rings. The van der Waals surface area contributed by atoms with Crippen LogP contribution in [-0.2, 0) is 16.1 Å². The second-order valence-corrected chi connectivity index (χ2v) is 7.09. The molecule has 0 amide bonds. The molecular formula is C22H28FN3O2. The third-order valence-electron chi connectivity index (χ3n) is 4.23. The molecule has 2 rings (SSSR count). The summed E-state index contributed by atoms with van der Waals surface area (Å²) in [5.74, 6) is 0.428. The van der Waals surface area contributed by atoms with E-state index in [1.54, 1.807) is 18.2 Å². The minimum atomic E-state index is -0.423. The van der Waals surface area contributed by atoms with E-state index in [9.17, 15) is 9.18 Å². The van der Waals surface area contributed by atoms with Crippen LogP contribution < -0.4 is 10.6 Å². The molecule has 0 aliphatic heterocycles. The van der Waals surface area contributed by atoms with E-state index in [4.69, 9.17) is 15.5 Å². The van der Waals surface area contributed by atoms with E-state index in [2.05, 4.69) is 18.7 Å². The van der Waals surface area contributed by atoms with Crippen molar-refractivity contribution in [3.8, 4) is 0 Å². The van der Waals surface area contributed by atoms with E-state index in [1.807, 2.05) is 13.0 Å². The van der Waals surface area contributed by atoms with Gasteiger partial charge in [0.15, 0.2) is 0 Å². The summed E-state index contributed by atoms with van der Waals surface area (Å²) in [5, 5.41) is 0. The Kier molecular flexibility index (Phi) is 7.55. The van der Waals surface area contributed by atoms with Gasteiger partial charge in [-0.1, -0.05) is 32.9 Å². The maximum absolute atomic E-state index is 13.2. The van der Waals surface area contributed by atoms with E-state index in [1.165, 1.54) is 25.3 Å². The van der Waals surface area contributed by atoms with Gasteiger partial charge in [0.05, 0.1) is 12.8 Å². The summed E-state index contributed by atoms with van der Waals surface area (Å²) in [4.78, 5) is 18.5. The first-order chi connectivity index (χ1) is 13.3. The van der Waals surface area contributed by atoms with Crippen LogP contribution in [0.5, 0.6) is 0 Å². The number of anilines is 2. The van der Waals surface area contributed by atoms with E-state index >= 15 is 0 Å². The van der Waals surface area contributed by atoms with E-state index < -0.39 is 5.97 Å². The number of nitrogens with zero attached hydrogens (tertiary/aromatic N) is 2. The quantitative estimate of drug-likeness (QED) is 0.538. The summed E-state index contributed by atoms with van der Waals surface area (Å²) in [6, 6.07) is 10.0. The number of benzene rings is 1. The largest absolute Gasteiger partial charge is 0.466 e. The Balaban J connectivity index is 2.42. The molecule has 1 heterocycles. The predicted molar refractivity (Wildman–Crippen MR) is 111 cm³/mol. The molecule has 0 atom stereocenters. The highest BCUT2D eigenvalue weighted by atomic mass is 19.1. The second-order valence-electron chi connectivity index (χ2n) is 7.09. The van der Waals surface area contributed by atoms with E-state index in [0.717, 1.165) is 23.5 Å². The predicted octanol–water partition coefficient (Wildman–Crippen LogP) is 4.43. The molecule has 0 saturated heterocycles. The van der Waals surface area contributed by atoms with Gasteiger partial charge in [0.2, 0.25) is 0 Å². The van der Waals surface area contributed by atoms with Crippen LogP contribution in [0.4, 0.5) is 15.9 Å². The highest BCUT2D eigenvalue weighted by molar-refractivity contribution is 5.91. The number of aromatic nitrogens is 1. The molecule has 0 aliphatic carbocycles.